The van der Waals surface area contributed by atoms with Crippen LogP contribution in [0.1, 0.15) is 91.0 Å². The molecule has 0 atom stereocenters. The van der Waals surface area contributed by atoms with Crippen molar-refractivity contribution in [2.75, 3.05) is 19.6 Å². The van der Waals surface area contributed by atoms with Crippen molar-refractivity contribution in [2.45, 2.75) is 91.9 Å². The van der Waals surface area contributed by atoms with E-state index >= 15 is 0 Å². The van der Waals surface area contributed by atoms with Crippen LogP contribution in [-0.4, -0.2) is 42.1 Å². The number of ketones is 2. The van der Waals surface area contributed by atoms with Gasteiger partial charge in [0.05, 0.1) is 5.92 Å². The quantitative estimate of drug-likeness (QED) is 0.124. The van der Waals surface area contributed by atoms with Gasteiger partial charge >= 0.3 is 5.97 Å². The normalized spacial score (nSPS) is 11.2. The van der Waals surface area contributed by atoms with Crippen LogP contribution in [0, 0.1) is 5.92 Å². The van der Waals surface area contributed by atoms with Crippen molar-refractivity contribution in [2.24, 2.45) is 5.92 Å². The maximum atomic E-state index is 12.0. The molecule has 5 heteroatoms. The molecule has 1 aromatic rings. The topological polar surface area (TPSA) is 63.7 Å². The number of hydrogen-bond donors (Lipinski definition) is 0. The Morgan fingerprint density at radius 3 is 1.97 bits per heavy atom. The first-order valence-corrected chi connectivity index (χ1v) is 12.5. The minimum atomic E-state index is -0.391. The van der Waals surface area contributed by atoms with E-state index in [-0.39, 0.29) is 17.5 Å². The highest BCUT2D eigenvalue weighted by Gasteiger charge is 2.22. The van der Waals surface area contributed by atoms with Crippen LogP contribution in [-0.2, 0) is 20.8 Å². The van der Waals surface area contributed by atoms with Crippen molar-refractivity contribution in [3.05, 3.63) is 29.8 Å². The summed E-state index contributed by atoms with van der Waals surface area (Å²) in [5, 5.41) is 0. The number of hydrogen-bond acceptors (Lipinski definition) is 5. The van der Waals surface area contributed by atoms with Crippen molar-refractivity contribution in [1.29, 1.82) is 0 Å². The maximum absolute atomic E-state index is 12.0. The van der Waals surface area contributed by atoms with Crippen LogP contribution >= 0.6 is 0 Å². The molecule has 0 aliphatic rings. The summed E-state index contributed by atoms with van der Waals surface area (Å²) in [4.78, 5) is 38.2. The number of unbranched alkanes of at least 4 members (excludes halogenated alkanes) is 3. The second-order valence-corrected chi connectivity index (χ2v) is 8.39. The van der Waals surface area contributed by atoms with Gasteiger partial charge in [0.1, 0.15) is 17.3 Å². The summed E-state index contributed by atoms with van der Waals surface area (Å²) in [6.45, 7) is 10.9. The van der Waals surface area contributed by atoms with Crippen LogP contribution in [0.25, 0.3) is 0 Å². The van der Waals surface area contributed by atoms with Crippen molar-refractivity contribution in [3.8, 4) is 5.75 Å². The Morgan fingerprint density at radius 1 is 0.812 bits per heavy atom. The summed E-state index contributed by atoms with van der Waals surface area (Å²) in [6.07, 6.45) is 7.91. The zero-order valence-corrected chi connectivity index (χ0v) is 20.7. The van der Waals surface area contributed by atoms with E-state index in [9.17, 15) is 14.4 Å². The lowest BCUT2D eigenvalue weighted by Gasteiger charge is -2.17. The number of Topliss-reactive ketones (excluding diaryl/α,β-unsaturated/α-hetero) is 2. The molecular formula is C27H43NO4. The van der Waals surface area contributed by atoms with Gasteiger partial charge in [-0.3, -0.25) is 14.4 Å². The summed E-state index contributed by atoms with van der Waals surface area (Å²) in [5.74, 6) is 0.209. The van der Waals surface area contributed by atoms with Crippen LogP contribution in [0.2, 0.25) is 0 Å². The zero-order valence-electron chi connectivity index (χ0n) is 20.7. The molecule has 0 amide bonds. The summed E-state index contributed by atoms with van der Waals surface area (Å²) < 4.78 is 5.44. The Balaban J connectivity index is 2.25. The lowest BCUT2D eigenvalue weighted by atomic mass is 9.90. The fourth-order valence-electron chi connectivity index (χ4n) is 3.92. The average molecular weight is 446 g/mol. The minimum absolute atomic E-state index is 0.0848. The predicted octanol–water partition coefficient (Wildman–Crippen LogP) is 5.78. The standard InChI is InChI=1S/C27H43NO4/c1-5-25(29)24(26(30)6-2)15-12-10-9-11-14-22-17-19-23(20-18-22)32-27(31)16-13-21-28(7-3)8-4/h17-20,24H,5-16,21H2,1-4H3. The van der Waals surface area contributed by atoms with Gasteiger partial charge in [-0.15, -0.1) is 0 Å². The smallest absolute Gasteiger partial charge is 0.311 e. The van der Waals surface area contributed by atoms with Gasteiger partial charge in [0.15, 0.2) is 0 Å². The number of ether oxygens (including phenoxy) is 1. The van der Waals surface area contributed by atoms with Crippen LogP contribution in [0.4, 0.5) is 0 Å². The molecule has 180 valence electrons. The Bertz CT molecular complexity index is 663. The second-order valence-electron chi connectivity index (χ2n) is 8.39. The second kappa shape index (κ2) is 16.6. The third-order valence-electron chi connectivity index (χ3n) is 6.09. The number of nitrogens with zero attached hydrogens (tertiary/aromatic N) is 1. The summed E-state index contributed by atoms with van der Waals surface area (Å²) in [6, 6.07) is 7.78. The summed E-state index contributed by atoms with van der Waals surface area (Å²) >= 11 is 0. The van der Waals surface area contributed by atoms with Gasteiger partial charge < -0.3 is 9.64 Å². The Labute approximate surface area is 194 Å². The number of carbonyl (C=O) groups is 3. The first kappa shape index (κ1) is 28.0. The van der Waals surface area contributed by atoms with E-state index in [1.54, 1.807) is 0 Å². The van der Waals surface area contributed by atoms with Gasteiger partial charge in [0, 0.05) is 19.3 Å². The van der Waals surface area contributed by atoms with E-state index in [0.717, 1.165) is 58.2 Å². The molecule has 0 aliphatic carbocycles. The molecule has 1 aromatic carbocycles. The third-order valence-corrected chi connectivity index (χ3v) is 6.09. The monoisotopic (exact) mass is 445 g/mol. The number of carbonyl (C=O) groups excluding carboxylic acids is 3. The highest BCUT2D eigenvalue weighted by molar-refractivity contribution is 6.02. The molecule has 0 radical (unpaired) electrons. The van der Waals surface area contributed by atoms with Crippen LogP contribution in [0.15, 0.2) is 24.3 Å². The molecule has 1 rings (SSSR count). The van der Waals surface area contributed by atoms with E-state index in [1.165, 1.54) is 5.56 Å². The van der Waals surface area contributed by atoms with Gasteiger partial charge in [-0.1, -0.05) is 59.1 Å². The highest BCUT2D eigenvalue weighted by atomic mass is 16.5. The lowest BCUT2D eigenvalue weighted by molar-refractivity contribution is -0.135. The van der Waals surface area contributed by atoms with E-state index < -0.39 is 5.92 Å². The first-order valence-electron chi connectivity index (χ1n) is 12.5. The molecule has 5 nitrogen and oxygen atoms in total. The Hall–Kier alpha value is -2.01. The number of aryl methyl sites for hydroxylation is 1. The number of rotatable bonds is 18. The van der Waals surface area contributed by atoms with Crippen molar-refractivity contribution >= 4 is 17.5 Å². The fraction of sp³-hybridized carbons (Fsp3) is 0.667. The number of benzene rings is 1. The van der Waals surface area contributed by atoms with Gasteiger partial charge in [0.25, 0.3) is 0 Å². The first-order chi connectivity index (χ1) is 15.4. The highest BCUT2D eigenvalue weighted by Crippen LogP contribution is 2.18. The minimum Gasteiger partial charge on any atom is -0.427 e. The van der Waals surface area contributed by atoms with E-state index in [2.05, 4.69) is 18.7 Å². The Morgan fingerprint density at radius 2 is 1.41 bits per heavy atom. The summed E-state index contributed by atoms with van der Waals surface area (Å²) in [7, 11) is 0. The zero-order chi connectivity index (χ0) is 23.8. The lowest BCUT2D eigenvalue weighted by Crippen LogP contribution is -2.24. The van der Waals surface area contributed by atoms with Crippen molar-refractivity contribution in [3.63, 3.8) is 0 Å². The molecular weight excluding hydrogens is 402 g/mol. The van der Waals surface area contributed by atoms with E-state index in [4.69, 9.17) is 4.74 Å². The Kier molecular flexibility index (Phi) is 14.5. The molecule has 0 spiro atoms. The molecule has 0 saturated heterocycles. The molecule has 0 fully saturated rings. The number of esters is 1. The molecule has 0 N–H and O–H groups in total. The summed E-state index contributed by atoms with van der Waals surface area (Å²) in [5.41, 5.74) is 1.23. The average Bonchev–Trinajstić information content (AvgIpc) is 2.81. The molecule has 0 bridgehead atoms. The third kappa shape index (κ3) is 11.0. The molecule has 0 heterocycles. The molecule has 32 heavy (non-hydrogen) atoms. The van der Waals surface area contributed by atoms with Gasteiger partial charge in [-0.25, -0.2) is 0 Å². The van der Waals surface area contributed by atoms with Gasteiger partial charge in [0.2, 0.25) is 0 Å². The fourth-order valence-corrected chi connectivity index (χ4v) is 3.92. The SMILES string of the molecule is CCC(=O)C(CCCCCCc1ccc(OC(=O)CCCN(CC)CC)cc1)C(=O)CC. The van der Waals surface area contributed by atoms with Crippen molar-refractivity contribution in [1.82, 2.24) is 4.90 Å². The molecule has 0 unspecified atom stereocenters. The van der Waals surface area contributed by atoms with E-state index in [0.29, 0.717) is 31.4 Å². The van der Waals surface area contributed by atoms with Crippen LogP contribution in [0.3, 0.4) is 0 Å². The maximum Gasteiger partial charge on any atom is 0.311 e. The largest absolute Gasteiger partial charge is 0.427 e. The van der Waals surface area contributed by atoms with Crippen LogP contribution < -0.4 is 4.74 Å². The van der Waals surface area contributed by atoms with Crippen LogP contribution in [0.5, 0.6) is 5.75 Å². The predicted molar refractivity (Wildman–Crippen MR) is 130 cm³/mol. The molecule has 0 aromatic heterocycles. The van der Waals surface area contributed by atoms with Gasteiger partial charge in [-0.05, 0) is 63.0 Å². The van der Waals surface area contributed by atoms with Crippen molar-refractivity contribution < 1.29 is 19.1 Å². The molecule has 0 saturated carbocycles. The van der Waals surface area contributed by atoms with E-state index in [1.807, 2.05) is 38.1 Å². The molecule has 0 aliphatic heterocycles. The van der Waals surface area contributed by atoms with Gasteiger partial charge in [-0.2, -0.15) is 0 Å².